The van der Waals surface area contributed by atoms with Crippen molar-refractivity contribution in [2.75, 3.05) is 7.11 Å². The van der Waals surface area contributed by atoms with E-state index in [0.717, 1.165) is 4.47 Å². The molecule has 2 nitrogen and oxygen atoms in total. The van der Waals surface area contributed by atoms with Crippen LogP contribution in [0.5, 0.6) is 5.75 Å². The second-order valence-electron chi connectivity index (χ2n) is 1.93. The number of methoxy groups -OCH3 is 1. The van der Waals surface area contributed by atoms with Gasteiger partial charge in [0.05, 0.1) is 13.7 Å². The van der Waals surface area contributed by atoms with Gasteiger partial charge in [0, 0.05) is 4.47 Å². The van der Waals surface area contributed by atoms with E-state index in [1.807, 2.05) is 0 Å². The third kappa shape index (κ3) is 1.72. The lowest BCUT2D eigenvalue weighted by atomic mass is 10.3. The first-order chi connectivity index (χ1) is 5.27. The zero-order chi connectivity index (χ0) is 8.27. The number of ether oxygens (including phenoxy) is 1. The summed E-state index contributed by atoms with van der Waals surface area (Å²) in [6, 6.07) is 5.29. The maximum absolute atomic E-state index is 6.80. The van der Waals surface area contributed by atoms with Gasteiger partial charge >= 0.3 is 0 Å². The Morgan fingerprint density at radius 1 is 1.55 bits per heavy atom. The molecular weight excluding hydrogens is 206 g/mol. The van der Waals surface area contributed by atoms with Crippen molar-refractivity contribution in [1.29, 1.82) is 0 Å². The molecule has 0 N–H and O–H groups in total. The zero-order valence-electron chi connectivity index (χ0n) is 5.97. The Morgan fingerprint density at radius 3 is 2.82 bits per heavy atom. The molecule has 0 fully saturated rings. The van der Waals surface area contributed by atoms with Gasteiger partial charge in [-0.15, -0.1) is 0 Å². The third-order valence-corrected chi connectivity index (χ3v) is 1.94. The highest BCUT2D eigenvalue weighted by molar-refractivity contribution is 9.10. The van der Waals surface area contributed by atoms with Crippen LogP contribution in [0.3, 0.4) is 0 Å². The minimum absolute atomic E-state index is 0.573. The first-order valence-electron chi connectivity index (χ1n) is 2.99. The first-order valence-corrected chi connectivity index (χ1v) is 3.78. The van der Waals surface area contributed by atoms with Gasteiger partial charge in [-0.25, -0.2) is 4.85 Å². The van der Waals surface area contributed by atoms with Gasteiger partial charge in [0.25, 0.3) is 0 Å². The molecule has 1 aromatic rings. The fraction of sp³-hybridized carbons (Fsp3) is 0.125. The molecule has 0 aliphatic heterocycles. The second-order valence-corrected chi connectivity index (χ2v) is 2.78. The van der Waals surface area contributed by atoms with Crippen LogP contribution in [-0.2, 0) is 0 Å². The topological polar surface area (TPSA) is 13.6 Å². The molecule has 0 saturated carbocycles. The minimum atomic E-state index is 0.573. The molecule has 0 spiro atoms. The highest BCUT2D eigenvalue weighted by atomic mass is 79.9. The third-order valence-electron chi connectivity index (χ3n) is 1.27. The predicted octanol–water partition coefficient (Wildman–Crippen LogP) is 3.01. The van der Waals surface area contributed by atoms with Crippen LogP contribution in [0, 0.1) is 6.57 Å². The number of nitrogens with zero attached hydrogens (tertiary/aromatic N) is 1. The molecule has 1 aromatic carbocycles. The summed E-state index contributed by atoms with van der Waals surface area (Å²) in [6.45, 7) is 6.80. The van der Waals surface area contributed by atoms with Crippen LogP contribution in [0.4, 0.5) is 5.69 Å². The molecular formula is C8H6BrNO. The SMILES string of the molecule is [C-]#[N+]c1cc(OC)ccc1Br. The standard InChI is InChI=1S/C8H6BrNO/c1-10-8-5-6(11-2)3-4-7(8)9/h3-5H,2H3. The Balaban J connectivity index is 3.15. The van der Waals surface area contributed by atoms with Crippen LogP contribution < -0.4 is 4.74 Å². The fourth-order valence-electron chi connectivity index (χ4n) is 0.705. The lowest BCUT2D eigenvalue weighted by molar-refractivity contribution is 0.415. The average Bonchev–Trinajstić information content (AvgIpc) is 2.05. The summed E-state index contributed by atoms with van der Waals surface area (Å²) >= 11 is 3.25. The first kappa shape index (κ1) is 8.09. The van der Waals surface area contributed by atoms with Crippen molar-refractivity contribution >= 4 is 21.6 Å². The minimum Gasteiger partial charge on any atom is -0.498 e. The molecule has 0 heterocycles. The molecule has 0 aliphatic rings. The summed E-state index contributed by atoms with van der Waals surface area (Å²) in [5.74, 6) is 0.708. The quantitative estimate of drug-likeness (QED) is 0.652. The Bertz CT molecular complexity index is 303. The monoisotopic (exact) mass is 211 g/mol. The van der Waals surface area contributed by atoms with Gasteiger partial charge in [-0.2, -0.15) is 0 Å². The maximum atomic E-state index is 6.80. The van der Waals surface area contributed by atoms with Crippen molar-refractivity contribution in [3.8, 4) is 5.75 Å². The van der Waals surface area contributed by atoms with E-state index in [1.165, 1.54) is 0 Å². The Morgan fingerprint density at radius 2 is 2.27 bits per heavy atom. The summed E-state index contributed by atoms with van der Waals surface area (Å²) in [7, 11) is 1.58. The van der Waals surface area contributed by atoms with Gasteiger partial charge < -0.3 is 4.74 Å². The summed E-state index contributed by atoms with van der Waals surface area (Å²) in [4.78, 5) is 3.30. The molecule has 0 saturated heterocycles. The van der Waals surface area contributed by atoms with Crippen LogP contribution in [0.2, 0.25) is 0 Å². The van der Waals surface area contributed by atoms with Gasteiger partial charge in [-0.05, 0) is 12.1 Å². The highest BCUT2D eigenvalue weighted by Crippen LogP contribution is 2.29. The predicted molar refractivity (Wildman–Crippen MR) is 47.0 cm³/mol. The van der Waals surface area contributed by atoms with Crippen molar-refractivity contribution in [1.82, 2.24) is 0 Å². The van der Waals surface area contributed by atoms with Crippen molar-refractivity contribution in [2.24, 2.45) is 0 Å². The van der Waals surface area contributed by atoms with Crippen molar-refractivity contribution < 1.29 is 4.74 Å². The molecule has 0 bridgehead atoms. The van der Waals surface area contributed by atoms with E-state index >= 15 is 0 Å². The van der Waals surface area contributed by atoms with E-state index in [2.05, 4.69) is 20.8 Å². The van der Waals surface area contributed by atoms with Crippen LogP contribution in [0.1, 0.15) is 0 Å². The van der Waals surface area contributed by atoms with Crippen LogP contribution in [-0.4, -0.2) is 7.11 Å². The fourth-order valence-corrected chi connectivity index (χ4v) is 1.04. The molecule has 0 radical (unpaired) electrons. The molecule has 1 rings (SSSR count). The smallest absolute Gasteiger partial charge is 0.204 e. The molecule has 0 amide bonds. The Labute approximate surface area is 73.7 Å². The Kier molecular flexibility index (Phi) is 2.50. The van der Waals surface area contributed by atoms with Crippen LogP contribution >= 0.6 is 15.9 Å². The largest absolute Gasteiger partial charge is 0.498 e. The number of benzene rings is 1. The van der Waals surface area contributed by atoms with E-state index in [1.54, 1.807) is 25.3 Å². The summed E-state index contributed by atoms with van der Waals surface area (Å²) in [5, 5.41) is 0. The Hall–Kier alpha value is -1.01. The molecule has 0 aliphatic carbocycles. The van der Waals surface area contributed by atoms with E-state index in [0.29, 0.717) is 11.4 Å². The molecule has 0 aromatic heterocycles. The normalized spacial score (nSPS) is 8.82. The number of hydrogen-bond donors (Lipinski definition) is 0. The van der Waals surface area contributed by atoms with Crippen LogP contribution in [0.15, 0.2) is 22.7 Å². The summed E-state index contributed by atoms with van der Waals surface area (Å²) < 4.78 is 5.75. The lowest BCUT2D eigenvalue weighted by Gasteiger charge is -1.99. The molecule has 11 heavy (non-hydrogen) atoms. The molecule has 0 unspecified atom stereocenters. The number of halogens is 1. The number of rotatable bonds is 1. The molecule has 3 heteroatoms. The van der Waals surface area contributed by atoms with Gasteiger partial charge in [0.1, 0.15) is 5.75 Å². The molecule has 0 atom stereocenters. The zero-order valence-corrected chi connectivity index (χ0v) is 7.55. The van der Waals surface area contributed by atoms with Gasteiger partial charge in [0.2, 0.25) is 5.69 Å². The lowest BCUT2D eigenvalue weighted by Crippen LogP contribution is -1.80. The summed E-state index contributed by atoms with van der Waals surface area (Å²) in [6.07, 6.45) is 0. The van der Waals surface area contributed by atoms with Gasteiger partial charge in [-0.3, -0.25) is 0 Å². The van der Waals surface area contributed by atoms with E-state index in [-0.39, 0.29) is 0 Å². The molecule has 56 valence electrons. The van der Waals surface area contributed by atoms with Crippen molar-refractivity contribution in [2.45, 2.75) is 0 Å². The highest BCUT2D eigenvalue weighted by Gasteiger charge is 1.99. The average molecular weight is 212 g/mol. The van der Waals surface area contributed by atoms with E-state index < -0.39 is 0 Å². The van der Waals surface area contributed by atoms with E-state index in [9.17, 15) is 0 Å². The van der Waals surface area contributed by atoms with Crippen molar-refractivity contribution in [3.63, 3.8) is 0 Å². The van der Waals surface area contributed by atoms with Gasteiger partial charge in [-0.1, -0.05) is 22.0 Å². The van der Waals surface area contributed by atoms with Gasteiger partial charge in [0.15, 0.2) is 0 Å². The summed E-state index contributed by atoms with van der Waals surface area (Å²) in [5.41, 5.74) is 0.573. The van der Waals surface area contributed by atoms with Crippen LogP contribution in [0.25, 0.3) is 4.85 Å². The second kappa shape index (κ2) is 3.40. The van der Waals surface area contributed by atoms with E-state index in [4.69, 9.17) is 11.3 Å². The van der Waals surface area contributed by atoms with Crippen molar-refractivity contribution in [3.05, 3.63) is 34.1 Å². The number of hydrogen-bond acceptors (Lipinski definition) is 1. The maximum Gasteiger partial charge on any atom is 0.204 e.